The summed E-state index contributed by atoms with van der Waals surface area (Å²) in [7, 11) is -2.09. The highest BCUT2D eigenvalue weighted by Crippen LogP contribution is 2.27. The number of pyridine rings is 1. The van der Waals surface area contributed by atoms with Crippen LogP contribution >= 0.6 is 0 Å². The van der Waals surface area contributed by atoms with E-state index >= 15 is 0 Å². The first-order chi connectivity index (χ1) is 17.7. The van der Waals surface area contributed by atoms with Crippen molar-refractivity contribution in [2.45, 2.75) is 49.6 Å². The highest BCUT2D eigenvalue weighted by atomic mass is 32.2. The molecule has 1 amide bonds. The number of carbonyl (C=O) groups is 1. The van der Waals surface area contributed by atoms with Crippen molar-refractivity contribution in [3.63, 3.8) is 0 Å². The number of fused-ring (bicyclic) bond motifs is 1. The maximum atomic E-state index is 13.2. The van der Waals surface area contributed by atoms with Gasteiger partial charge in [-0.25, -0.2) is 22.5 Å². The summed E-state index contributed by atoms with van der Waals surface area (Å²) in [5.41, 5.74) is 1.53. The van der Waals surface area contributed by atoms with Crippen molar-refractivity contribution >= 4 is 32.7 Å². The Balaban J connectivity index is 1.31. The third-order valence-corrected chi connectivity index (χ3v) is 8.25. The second kappa shape index (κ2) is 12.0. The number of carbonyl (C=O) groups excluding carboxylic acids is 1. The molecule has 1 aliphatic carbocycles. The number of halogens is 1. The molecule has 1 atom stereocenters. The van der Waals surface area contributed by atoms with Gasteiger partial charge in [-0.2, -0.15) is 0 Å². The Hall–Kier alpha value is -3.08. The van der Waals surface area contributed by atoms with Crippen LogP contribution in [0.15, 0.2) is 59.5 Å². The quantitative estimate of drug-likeness (QED) is 0.341. The summed E-state index contributed by atoms with van der Waals surface area (Å²) in [6, 6.07) is 14.1. The molecule has 8 nitrogen and oxygen atoms in total. The summed E-state index contributed by atoms with van der Waals surface area (Å²) >= 11 is 0. The smallest absolute Gasteiger partial charge is 0.240 e. The topological polar surface area (TPSA) is 109 Å². The van der Waals surface area contributed by atoms with Crippen molar-refractivity contribution in [2.24, 2.45) is 5.92 Å². The molecule has 3 N–H and O–H groups in total. The van der Waals surface area contributed by atoms with Crippen LogP contribution in [0.4, 0.5) is 10.2 Å². The number of nitrogens with one attached hydrogen (secondary N) is 3. The Morgan fingerprint density at radius 3 is 2.51 bits per heavy atom. The molecule has 1 aromatic heterocycles. The summed E-state index contributed by atoms with van der Waals surface area (Å²) in [6.45, 7) is 3.05. The van der Waals surface area contributed by atoms with Crippen molar-refractivity contribution in [1.82, 2.24) is 15.0 Å². The van der Waals surface area contributed by atoms with E-state index in [-0.39, 0.29) is 34.6 Å². The zero-order chi connectivity index (χ0) is 26.4. The molecular formula is C27H33FN4O4S. The summed E-state index contributed by atoms with van der Waals surface area (Å²) in [6.07, 6.45) is 2.34. The van der Waals surface area contributed by atoms with Gasteiger partial charge < -0.3 is 15.4 Å². The molecule has 1 saturated carbocycles. The Kier molecular flexibility index (Phi) is 8.73. The lowest BCUT2D eigenvalue weighted by molar-refractivity contribution is -0.126. The van der Waals surface area contributed by atoms with Crippen molar-refractivity contribution in [3.05, 3.63) is 66.0 Å². The molecule has 10 heteroatoms. The molecule has 1 aliphatic rings. The fourth-order valence-corrected chi connectivity index (χ4v) is 5.92. The first kappa shape index (κ1) is 27.0. The number of anilines is 1. The van der Waals surface area contributed by atoms with E-state index in [1.54, 1.807) is 37.4 Å². The van der Waals surface area contributed by atoms with E-state index in [4.69, 9.17) is 4.74 Å². The fourth-order valence-electron chi connectivity index (χ4n) is 4.58. The van der Waals surface area contributed by atoms with E-state index in [1.807, 2.05) is 19.1 Å². The van der Waals surface area contributed by atoms with Crippen LogP contribution in [0.5, 0.6) is 0 Å². The van der Waals surface area contributed by atoms with Gasteiger partial charge in [-0.3, -0.25) is 4.79 Å². The molecule has 37 heavy (non-hydrogen) atoms. The average molecular weight is 529 g/mol. The number of hydrogen-bond donors (Lipinski definition) is 3. The number of benzene rings is 2. The maximum absolute atomic E-state index is 13.2. The van der Waals surface area contributed by atoms with Crippen LogP contribution in [0.25, 0.3) is 10.9 Å². The van der Waals surface area contributed by atoms with E-state index in [2.05, 4.69) is 20.3 Å². The molecule has 0 saturated heterocycles. The fraction of sp³-hybridized carbons (Fsp3) is 0.407. The minimum Gasteiger partial charge on any atom is -0.383 e. The number of methoxy groups -OCH3 is 1. The first-order valence-corrected chi connectivity index (χ1v) is 14.0. The van der Waals surface area contributed by atoms with Gasteiger partial charge in [0.1, 0.15) is 11.6 Å². The van der Waals surface area contributed by atoms with Gasteiger partial charge in [-0.1, -0.05) is 12.1 Å². The van der Waals surface area contributed by atoms with Crippen LogP contribution < -0.4 is 15.4 Å². The zero-order valence-electron chi connectivity index (χ0n) is 21.0. The van der Waals surface area contributed by atoms with E-state index in [0.29, 0.717) is 50.2 Å². The van der Waals surface area contributed by atoms with Crippen molar-refractivity contribution in [1.29, 1.82) is 0 Å². The normalized spacial score (nSPS) is 18.9. The summed E-state index contributed by atoms with van der Waals surface area (Å²) < 4.78 is 47.1. The number of rotatable bonds is 10. The van der Waals surface area contributed by atoms with Gasteiger partial charge in [0.25, 0.3) is 0 Å². The number of hydrogen-bond acceptors (Lipinski definition) is 6. The van der Waals surface area contributed by atoms with E-state index in [1.165, 1.54) is 12.1 Å². The zero-order valence-corrected chi connectivity index (χ0v) is 21.9. The maximum Gasteiger partial charge on any atom is 0.240 e. The van der Waals surface area contributed by atoms with Crippen LogP contribution in [0.3, 0.4) is 0 Å². The van der Waals surface area contributed by atoms with E-state index in [0.717, 1.165) is 10.9 Å². The lowest BCUT2D eigenvalue weighted by atomic mass is 9.85. The Morgan fingerprint density at radius 2 is 1.81 bits per heavy atom. The average Bonchev–Trinajstić information content (AvgIpc) is 2.89. The largest absolute Gasteiger partial charge is 0.383 e. The summed E-state index contributed by atoms with van der Waals surface area (Å²) in [5, 5.41) is 6.88. The van der Waals surface area contributed by atoms with Crippen LogP contribution in [0.2, 0.25) is 0 Å². The molecule has 0 unspecified atom stereocenters. The summed E-state index contributed by atoms with van der Waals surface area (Å²) in [4.78, 5) is 17.5. The van der Waals surface area contributed by atoms with Gasteiger partial charge in [0.15, 0.2) is 0 Å². The van der Waals surface area contributed by atoms with Crippen LogP contribution in [0, 0.1) is 11.7 Å². The Morgan fingerprint density at radius 1 is 1.08 bits per heavy atom. The van der Waals surface area contributed by atoms with Crippen molar-refractivity contribution < 1.29 is 22.3 Å². The van der Waals surface area contributed by atoms with Crippen molar-refractivity contribution in [3.8, 4) is 0 Å². The highest BCUT2D eigenvalue weighted by molar-refractivity contribution is 7.89. The first-order valence-electron chi connectivity index (χ1n) is 12.5. The number of aromatic nitrogens is 1. The number of amides is 1. The monoisotopic (exact) mass is 528 g/mol. The number of nitrogens with zero attached hydrogens (tertiary/aromatic N) is 1. The van der Waals surface area contributed by atoms with Gasteiger partial charge in [0.05, 0.1) is 23.1 Å². The van der Waals surface area contributed by atoms with Crippen LogP contribution in [-0.4, -0.2) is 45.6 Å². The predicted octanol–water partition coefficient (Wildman–Crippen LogP) is 4.15. The lowest BCUT2D eigenvalue weighted by Crippen LogP contribution is -2.41. The molecule has 1 heterocycles. The SMILES string of the molecule is COCCNc1ccc2cc(S(=O)(=O)NC3CCC(C(=O)N[C@H](C)c4ccc(F)cc4)CC3)ccc2n1. The highest BCUT2D eigenvalue weighted by Gasteiger charge is 2.30. The number of sulfonamides is 1. The minimum atomic E-state index is -3.72. The molecule has 0 bridgehead atoms. The molecule has 1 fully saturated rings. The minimum absolute atomic E-state index is 0.0590. The van der Waals surface area contributed by atoms with Gasteiger partial charge >= 0.3 is 0 Å². The molecule has 3 aromatic rings. The van der Waals surface area contributed by atoms with Crippen molar-refractivity contribution in [2.75, 3.05) is 25.6 Å². The molecule has 0 aliphatic heterocycles. The third-order valence-electron chi connectivity index (χ3n) is 6.73. The van der Waals surface area contributed by atoms with Crippen LogP contribution in [-0.2, 0) is 19.6 Å². The standard InChI is InChI=1S/C27H33FN4O4S/c1-18(19-3-8-22(28)9-4-19)30-27(33)20-5-10-23(11-6-20)32-37(34,35)24-12-13-25-21(17-24)7-14-26(31-25)29-15-16-36-2/h3-4,7-9,12-14,17-18,20,23,32H,5-6,10-11,15-16H2,1-2H3,(H,29,31)(H,30,33)/t18-,20?,23?/m1/s1. The van der Waals surface area contributed by atoms with Gasteiger partial charge in [0.2, 0.25) is 15.9 Å². The predicted molar refractivity (Wildman–Crippen MR) is 141 cm³/mol. The lowest BCUT2D eigenvalue weighted by Gasteiger charge is -2.29. The second-order valence-electron chi connectivity index (χ2n) is 9.42. The number of ether oxygens (including phenoxy) is 1. The van der Waals surface area contributed by atoms with Gasteiger partial charge in [-0.15, -0.1) is 0 Å². The molecular weight excluding hydrogens is 495 g/mol. The van der Waals surface area contributed by atoms with E-state index in [9.17, 15) is 17.6 Å². The molecule has 198 valence electrons. The third kappa shape index (κ3) is 7.03. The Bertz CT molecular complexity index is 1330. The Labute approximate surface area is 217 Å². The van der Waals surface area contributed by atoms with Crippen LogP contribution in [0.1, 0.15) is 44.2 Å². The second-order valence-corrected chi connectivity index (χ2v) is 11.1. The molecule has 4 rings (SSSR count). The van der Waals surface area contributed by atoms with E-state index < -0.39 is 10.0 Å². The molecule has 0 spiro atoms. The molecule has 0 radical (unpaired) electrons. The van der Waals surface area contributed by atoms with Gasteiger partial charge in [-0.05, 0) is 80.6 Å². The molecule has 2 aromatic carbocycles. The van der Waals surface area contributed by atoms with Gasteiger partial charge in [0, 0.05) is 31.0 Å². The summed E-state index contributed by atoms with van der Waals surface area (Å²) in [5.74, 6) is 0.146.